The zero-order valence-electron chi connectivity index (χ0n) is 10.6. The van der Waals surface area contributed by atoms with Gasteiger partial charge in [0, 0.05) is 0 Å². The molecule has 0 heterocycles. The second-order valence-corrected chi connectivity index (χ2v) is 3.93. The van der Waals surface area contributed by atoms with Crippen molar-refractivity contribution in [1.82, 2.24) is 5.32 Å². The minimum Gasteiger partial charge on any atom is -0.494 e. The fourth-order valence-electron chi connectivity index (χ4n) is 1.50. The van der Waals surface area contributed by atoms with Gasteiger partial charge in [0.2, 0.25) is 0 Å². The predicted molar refractivity (Wildman–Crippen MR) is 68.9 cm³/mol. The molecule has 0 saturated carbocycles. The van der Waals surface area contributed by atoms with E-state index in [0.717, 1.165) is 37.3 Å². The quantitative estimate of drug-likeness (QED) is 0.786. The Labute approximate surface area is 103 Å². The zero-order valence-corrected chi connectivity index (χ0v) is 10.6. The lowest BCUT2D eigenvalue weighted by Gasteiger charge is -2.12. The van der Waals surface area contributed by atoms with Crippen molar-refractivity contribution in [2.45, 2.75) is 32.7 Å². The Morgan fingerprint density at radius 3 is 2.47 bits per heavy atom. The van der Waals surface area contributed by atoms with Crippen molar-refractivity contribution in [2.24, 2.45) is 0 Å². The van der Waals surface area contributed by atoms with Gasteiger partial charge in [-0.3, -0.25) is 5.32 Å². The molecule has 1 aromatic carbocycles. The standard InChI is InChI=1S/C14H20N2O/c1-3-9-16-14(11-15)12-5-7-13(8-6-12)17-10-4-2/h5-8,14,16H,3-4,9-10H2,1-2H3. The van der Waals surface area contributed by atoms with Crippen molar-refractivity contribution in [2.75, 3.05) is 13.2 Å². The number of hydrogen-bond acceptors (Lipinski definition) is 3. The van der Waals surface area contributed by atoms with E-state index < -0.39 is 0 Å². The van der Waals surface area contributed by atoms with Crippen LogP contribution < -0.4 is 10.1 Å². The van der Waals surface area contributed by atoms with E-state index in [4.69, 9.17) is 10.00 Å². The van der Waals surface area contributed by atoms with Crippen LogP contribution in [0.1, 0.15) is 38.3 Å². The molecule has 0 aromatic heterocycles. The molecular weight excluding hydrogens is 212 g/mol. The summed E-state index contributed by atoms with van der Waals surface area (Å²) in [5, 5.41) is 12.3. The van der Waals surface area contributed by atoms with Gasteiger partial charge in [0.1, 0.15) is 11.8 Å². The first-order valence-electron chi connectivity index (χ1n) is 6.17. The van der Waals surface area contributed by atoms with Crippen LogP contribution in [0.3, 0.4) is 0 Å². The predicted octanol–water partition coefficient (Wildman–Crippen LogP) is 3.04. The highest BCUT2D eigenvalue weighted by Crippen LogP contribution is 2.17. The summed E-state index contributed by atoms with van der Waals surface area (Å²) in [6, 6.07) is 9.77. The average molecular weight is 232 g/mol. The smallest absolute Gasteiger partial charge is 0.121 e. The number of nitrogens with zero attached hydrogens (tertiary/aromatic N) is 1. The van der Waals surface area contributed by atoms with E-state index in [0.29, 0.717) is 0 Å². The van der Waals surface area contributed by atoms with Gasteiger partial charge < -0.3 is 4.74 Å². The molecule has 0 aliphatic rings. The van der Waals surface area contributed by atoms with Crippen molar-refractivity contribution >= 4 is 0 Å². The molecule has 3 nitrogen and oxygen atoms in total. The summed E-state index contributed by atoms with van der Waals surface area (Å²) in [7, 11) is 0. The number of nitrogens with one attached hydrogen (secondary N) is 1. The van der Waals surface area contributed by atoms with Gasteiger partial charge in [-0.1, -0.05) is 26.0 Å². The maximum Gasteiger partial charge on any atom is 0.121 e. The van der Waals surface area contributed by atoms with Crippen molar-refractivity contribution in [1.29, 1.82) is 5.26 Å². The van der Waals surface area contributed by atoms with Crippen LogP contribution in [0.15, 0.2) is 24.3 Å². The van der Waals surface area contributed by atoms with E-state index in [1.807, 2.05) is 24.3 Å². The van der Waals surface area contributed by atoms with Crippen molar-refractivity contribution in [3.8, 4) is 11.8 Å². The maximum absolute atomic E-state index is 9.07. The zero-order chi connectivity index (χ0) is 12.5. The highest BCUT2D eigenvalue weighted by molar-refractivity contribution is 5.31. The van der Waals surface area contributed by atoms with Gasteiger partial charge in [-0.2, -0.15) is 5.26 Å². The monoisotopic (exact) mass is 232 g/mol. The molecule has 92 valence electrons. The molecule has 0 aliphatic carbocycles. The van der Waals surface area contributed by atoms with Crippen molar-refractivity contribution in [3.63, 3.8) is 0 Å². The minimum atomic E-state index is -0.227. The molecule has 17 heavy (non-hydrogen) atoms. The fraction of sp³-hybridized carbons (Fsp3) is 0.500. The van der Waals surface area contributed by atoms with Crippen LogP contribution in [0.4, 0.5) is 0 Å². The molecule has 0 radical (unpaired) electrons. The maximum atomic E-state index is 9.07. The number of nitriles is 1. The number of hydrogen-bond donors (Lipinski definition) is 1. The first kappa shape index (κ1) is 13.5. The molecule has 1 rings (SSSR count). The van der Waals surface area contributed by atoms with Crippen LogP contribution in [-0.4, -0.2) is 13.2 Å². The summed E-state index contributed by atoms with van der Waals surface area (Å²) in [6.07, 6.45) is 2.02. The van der Waals surface area contributed by atoms with Crippen LogP contribution >= 0.6 is 0 Å². The lowest BCUT2D eigenvalue weighted by atomic mass is 10.1. The summed E-state index contributed by atoms with van der Waals surface area (Å²) in [5.41, 5.74) is 0.991. The van der Waals surface area contributed by atoms with Gasteiger partial charge >= 0.3 is 0 Å². The molecule has 1 unspecified atom stereocenters. The van der Waals surface area contributed by atoms with Crippen LogP contribution in [0.25, 0.3) is 0 Å². The SMILES string of the molecule is CCCNC(C#N)c1ccc(OCCC)cc1. The molecule has 0 bridgehead atoms. The summed E-state index contributed by atoms with van der Waals surface area (Å²) in [5.74, 6) is 0.864. The van der Waals surface area contributed by atoms with E-state index in [9.17, 15) is 0 Å². The second kappa shape index (κ2) is 7.70. The Bertz CT molecular complexity index is 353. The summed E-state index contributed by atoms with van der Waals surface area (Å²) < 4.78 is 5.50. The molecular formula is C14H20N2O. The van der Waals surface area contributed by atoms with E-state index in [-0.39, 0.29) is 6.04 Å². The van der Waals surface area contributed by atoms with Crippen LogP contribution in [0.5, 0.6) is 5.75 Å². The normalized spacial score (nSPS) is 11.8. The molecule has 0 aliphatic heterocycles. The summed E-state index contributed by atoms with van der Waals surface area (Å²) >= 11 is 0. The number of ether oxygens (including phenoxy) is 1. The van der Waals surface area contributed by atoms with Crippen molar-refractivity contribution < 1.29 is 4.74 Å². The van der Waals surface area contributed by atoms with E-state index in [1.54, 1.807) is 0 Å². The highest BCUT2D eigenvalue weighted by atomic mass is 16.5. The van der Waals surface area contributed by atoms with Gasteiger partial charge in [-0.05, 0) is 37.1 Å². The van der Waals surface area contributed by atoms with Gasteiger partial charge in [0.05, 0.1) is 12.7 Å². The summed E-state index contributed by atoms with van der Waals surface area (Å²) in [4.78, 5) is 0. The molecule has 0 saturated heterocycles. The average Bonchev–Trinajstić information content (AvgIpc) is 2.38. The molecule has 3 heteroatoms. The molecule has 1 aromatic rings. The topological polar surface area (TPSA) is 45.0 Å². The van der Waals surface area contributed by atoms with Gasteiger partial charge in [-0.25, -0.2) is 0 Å². The lowest BCUT2D eigenvalue weighted by Crippen LogP contribution is -2.20. The Morgan fingerprint density at radius 2 is 1.94 bits per heavy atom. The highest BCUT2D eigenvalue weighted by Gasteiger charge is 2.08. The largest absolute Gasteiger partial charge is 0.494 e. The van der Waals surface area contributed by atoms with E-state index >= 15 is 0 Å². The third-order valence-electron chi connectivity index (χ3n) is 2.41. The van der Waals surface area contributed by atoms with Crippen molar-refractivity contribution in [3.05, 3.63) is 29.8 Å². The van der Waals surface area contributed by atoms with E-state index in [1.165, 1.54) is 0 Å². The molecule has 0 fully saturated rings. The first-order valence-corrected chi connectivity index (χ1v) is 6.17. The Morgan fingerprint density at radius 1 is 1.24 bits per heavy atom. The fourth-order valence-corrected chi connectivity index (χ4v) is 1.50. The van der Waals surface area contributed by atoms with Crippen LogP contribution in [0.2, 0.25) is 0 Å². The third kappa shape index (κ3) is 4.46. The third-order valence-corrected chi connectivity index (χ3v) is 2.41. The van der Waals surface area contributed by atoms with Gasteiger partial charge in [0.15, 0.2) is 0 Å². The molecule has 1 atom stereocenters. The Kier molecular flexibility index (Phi) is 6.13. The minimum absolute atomic E-state index is 0.227. The summed E-state index contributed by atoms with van der Waals surface area (Å²) in [6.45, 7) is 5.75. The second-order valence-electron chi connectivity index (χ2n) is 3.93. The first-order chi connectivity index (χ1) is 8.31. The Balaban J connectivity index is 2.61. The lowest BCUT2D eigenvalue weighted by molar-refractivity contribution is 0.317. The van der Waals surface area contributed by atoms with Crippen LogP contribution in [-0.2, 0) is 0 Å². The molecule has 0 spiro atoms. The number of rotatable bonds is 7. The van der Waals surface area contributed by atoms with Crippen LogP contribution in [0, 0.1) is 11.3 Å². The van der Waals surface area contributed by atoms with E-state index in [2.05, 4.69) is 25.2 Å². The van der Waals surface area contributed by atoms with Gasteiger partial charge in [0.25, 0.3) is 0 Å². The molecule has 0 amide bonds. The molecule has 1 N–H and O–H groups in total. The van der Waals surface area contributed by atoms with Gasteiger partial charge in [-0.15, -0.1) is 0 Å². The number of benzene rings is 1. The Hall–Kier alpha value is -1.53.